The molecule has 0 radical (unpaired) electrons. The van der Waals surface area contributed by atoms with Gasteiger partial charge in [-0.05, 0) is 19.8 Å². The summed E-state index contributed by atoms with van der Waals surface area (Å²) in [5, 5.41) is 9.67. The lowest BCUT2D eigenvalue weighted by molar-refractivity contribution is 0.0131. The molecule has 0 bridgehead atoms. The average molecular weight is 221 g/mol. The third-order valence-corrected chi connectivity index (χ3v) is 2.80. The average Bonchev–Trinajstić information content (AvgIpc) is 2.84. The molecule has 2 atom stereocenters. The quantitative estimate of drug-likeness (QED) is 0.744. The van der Waals surface area contributed by atoms with E-state index in [1.165, 1.54) is 0 Å². The molecular weight excluding hydrogens is 210 g/mol. The molecular formula is C9H11N5O2. The van der Waals surface area contributed by atoms with Crippen LogP contribution in [-0.4, -0.2) is 31.1 Å². The fourth-order valence-electron chi connectivity index (χ4n) is 1.98. The van der Waals surface area contributed by atoms with E-state index in [0.29, 0.717) is 11.2 Å². The maximum atomic E-state index is 11.4. The van der Waals surface area contributed by atoms with Crippen LogP contribution in [0.4, 0.5) is 0 Å². The summed E-state index contributed by atoms with van der Waals surface area (Å²) in [6, 6.07) is 0. The number of fused-ring (bicyclic) bond motifs is 1. The van der Waals surface area contributed by atoms with Gasteiger partial charge in [-0.25, -0.2) is 10.1 Å². The van der Waals surface area contributed by atoms with E-state index in [9.17, 15) is 4.79 Å². The summed E-state index contributed by atoms with van der Waals surface area (Å²) in [6.07, 6.45) is 3.63. The zero-order valence-corrected chi connectivity index (χ0v) is 8.75. The first-order valence-electron chi connectivity index (χ1n) is 5.19. The van der Waals surface area contributed by atoms with Crippen molar-refractivity contribution in [2.45, 2.75) is 32.1 Å². The first kappa shape index (κ1) is 9.46. The van der Waals surface area contributed by atoms with Crippen LogP contribution in [0.5, 0.6) is 0 Å². The van der Waals surface area contributed by atoms with Crippen LogP contribution in [0.2, 0.25) is 0 Å². The number of hydrogen-bond donors (Lipinski definition) is 1. The van der Waals surface area contributed by atoms with Gasteiger partial charge in [-0.15, -0.1) is 5.10 Å². The summed E-state index contributed by atoms with van der Waals surface area (Å²) in [4.78, 5) is 15.4. The van der Waals surface area contributed by atoms with E-state index in [4.69, 9.17) is 4.74 Å². The summed E-state index contributed by atoms with van der Waals surface area (Å²) in [7, 11) is 0. The lowest BCUT2D eigenvalue weighted by Gasteiger charge is -2.12. The molecule has 7 nitrogen and oxygen atoms in total. The fraction of sp³-hybridized carbons (Fsp3) is 0.556. The Morgan fingerprint density at radius 1 is 1.56 bits per heavy atom. The van der Waals surface area contributed by atoms with E-state index < -0.39 is 0 Å². The Balaban J connectivity index is 2.11. The number of aromatic nitrogens is 5. The highest BCUT2D eigenvalue weighted by Crippen LogP contribution is 2.29. The van der Waals surface area contributed by atoms with Crippen LogP contribution in [0.25, 0.3) is 11.2 Å². The molecule has 3 rings (SSSR count). The molecule has 1 fully saturated rings. The van der Waals surface area contributed by atoms with Crippen molar-refractivity contribution in [2.24, 2.45) is 0 Å². The van der Waals surface area contributed by atoms with Gasteiger partial charge in [0.2, 0.25) is 0 Å². The van der Waals surface area contributed by atoms with Gasteiger partial charge in [-0.3, -0.25) is 9.36 Å². The van der Waals surface area contributed by atoms with Crippen LogP contribution in [0.1, 0.15) is 26.0 Å². The van der Waals surface area contributed by atoms with Gasteiger partial charge < -0.3 is 4.74 Å². The number of nitrogens with one attached hydrogen (secondary N) is 1. The highest BCUT2D eigenvalue weighted by Gasteiger charge is 2.25. The van der Waals surface area contributed by atoms with Gasteiger partial charge in [0.1, 0.15) is 6.23 Å². The van der Waals surface area contributed by atoms with Gasteiger partial charge >= 0.3 is 0 Å². The lowest BCUT2D eigenvalue weighted by Crippen LogP contribution is -2.13. The summed E-state index contributed by atoms with van der Waals surface area (Å²) in [5.41, 5.74) is 0.454. The maximum absolute atomic E-state index is 11.4. The lowest BCUT2D eigenvalue weighted by atomic mass is 10.2. The van der Waals surface area contributed by atoms with Crippen molar-refractivity contribution in [3.63, 3.8) is 0 Å². The van der Waals surface area contributed by atoms with Crippen LogP contribution >= 0.6 is 0 Å². The molecule has 0 aliphatic carbocycles. The zero-order chi connectivity index (χ0) is 11.1. The topological polar surface area (TPSA) is 85.7 Å². The number of H-pyrrole nitrogens is 1. The largest absolute Gasteiger partial charge is 0.355 e. The van der Waals surface area contributed by atoms with E-state index in [1.54, 1.807) is 10.9 Å². The smallest absolute Gasteiger partial charge is 0.295 e. The molecule has 0 amide bonds. The first-order chi connectivity index (χ1) is 7.75. The number of rotatable bonds is 1. The predicted octanol–water partition coefficient (Wildman–Crippen LogP) is 0.212. The highest BCUT2D eigenvalue weighted by molar-refractivity contribution is 5.68. The summed E-state index contributed by atoms with van der Waals surface area (Å²) in [6.45, 7) is 2.03. The molecule has 3 heterocycles. The van der Waals surface area contributed by atoms with Crippen LogP contribution in [-0.2, 0) is 4.74 Å². The van der Waals surface area contributed by atoms with E-state index >= 15 is 0 Å². The molecule has 84 valence electrons. The molecule has 0 aromatic carbocycles. The maximum Gasteiger partial charge on any atom is 0.295 e. The van der Waals surface area contributed by atoms with Crippen LogP contribution in [0, 0.1) is 0 Å². The molecule has 2 unspecified atom stereocenters. The Hall–Kier alpha value is -1.76. The van der Waals surface area contributed by atoms with Crippen LogP contribution in [0.3, 0.4) is 0 Å². The number of nitrogens with zero attached hydrogens (tertiary/aromatic N) is 4. The Morgan fingerprint density at radius 2 is 2.44 bits per heavy atom. The third-order valence-electron chi connectivity index (χ3n) is 2.80. The van der Waals surface area contributed by atoms with E-state index in [1.807, 2.05) is 6.92 Å². The summed E-state index contributed by atoms with van der Waals surface area (Å²) < 4.78 is 7.46. The molecule has 2 aromatic rings. The summed E-state index contributed by atoms with van der Waals surface area (Å²) in [5.74, 6) is 0. The minimum absolute atomic E-state index is 0.0869. The van der Waals surface area contributed by atoms with Crippen molar-refractivity contribution in [3.05, 3.63) is 16.7 Å². The molecule has 1 saturated heterocycles. The summed E-state index contributed by atoms with van der Waals surface area (Å²) >= 11 is 0. The molecule has 1 N–H and O–H groups in total. The monoisotopic (exact) mass is 221 g/mol. The van der Waals surface area contributed by atoms with Gasteiger partial charge in [-0.2, -0.15) is 0 Å². The molecule has 1 aliphatic rings. The van der Waals surface area contributed by atoms with Gasteiger partial charge in [0.25, 0.3) is 5.56 Å². The van der Waals surface area contributed by atoms with Gasteiger partial charge in [0.05, 0.1) is 12.4 Å². The van der Waals surface area contributed by atoms with Crippen LogP contribution in [0.15, 0.2) is 11.1 Å². The SMILES string of the molecule is CC1CCC(n2cnc3c(=O)[nH]nnc32)O1. The van der Waals surface area contributed by atoms with Crippen molar-refractivity contribution < 1.29 is 4.74 Å². The van der Waals surface area contributed by atoms with E-state index in [2.05, 4.69) is 20.4 Å². The zero-order valence-electron chi connectivity index (χ0n) is 8.75. The Labute approximate surface area is 90.4 Å². The first-order valence-corrected chi connectivity index (χ1v) is 5.19. The molecule has 0 saturated carbocycles. The Bertz CT molecular complexity index is 575. The minimum atomic E-state index is -0.324. The molecule has 7 heteroatoms. The van der Waals surface area contributed by atoms with Crippen molar-refractivity contribution in [2.75, 3.05) is 0 Å². The number of ether oxygens (including phenoxy) is 1. The van der Waals surface area contributed by atoms with E-state index in [0.717, 1.165) is 12.8 Å². The standard InChI is InChI=1S/C9H11N5O2/c1-5-2-3-6(16-5)14-4-10-7-8(14)11-13-12-9(7)15/h4-6H,2-3H2,1H3,(H,11,12,15). The van der Waals surface area contributed by atoms with Crippen molar-refractivity contribution in [3.8, 4) is 0 Å². The highest BCUT2D eigenvalue weighted by atomic mass is 16.5. The van der Waals surface area contributed by atoms with Gasteiger partial charge in [-0.1, -0.05) is 5.21 Å². The number of aromatic amines is 1. The van der Waals surface area contributed by atoms with Gasteiger partial charge in [0, 0.05) is 0 Å². The molecule has 16 heavy (non-hydrogen) atoms. The number of hydrogen-bond acceptors (Lipinski definition) is 5. The van der Waals surface area contributed by atoms with Crippen molar-refractivity contribution in [1.29, 1.82) is 0 Å². The van der Waals surface area contributed by atoms with Gasteiger partial charge in [0.15, 0.2) is 11.2 Å². The Kier molecular flexibility index (Phi) is 2.00. The van der Waals surface area contributed by atoms with Crippen molar-refractivity contribution in [1.82, 2.24) is 25.0 Å². The second kappa shape index (κ2) is 3.38. The van der Waals surface area contributed by atoms with Crippen molar-refractivity contribution >= 4 is 11.2 Å². The normalized spacial score (nSPS) is 25.3. The predicted molar refractivity (Wildman–Crippen MR) is 54.8 cm³/mol. The minimum Gasteiger partial charge on any atom is -0.355 e. The molecule has 0 spiro atoms. The molecule has 2 aromatic heterocycles. The number of imidazole rings is 1. The van der Waals surface area contributed by atoms with Crippen LogP contribution < -0.4 is 5.56 Å². The van der Waals surface area contributed by atoms with E-state index in [-0.39, 0.29) is 17.9 Å². The Morgan fingerprint density at radius 3 is 3.19 bits per heavy atom. The molecule has 1 aliphatic heterocycles. The second-order valence-electron chi connectivity index (χ2n) is 3.94. The third kappa shape index (κ3) is 1.32. The second-order valence-corrected chi connectivity index (χ2v) is 3.94. The fourth-order valence-corrected chi connectivity index (χ4v) is 1.98.